The first-order valence-electron chi connectivity index (χ1n) is 30.5. The van der Waals surface area contributed by atoms with Crippen LogP contribution in [0.5, 0.6) is 0 Å². The van der Waals surface area contributed by atoms with Gasteiger partial charge >= 0.3 is 0 Å². The van der Waals surface area contributed by atoms with Crippen LogP contribution in [-0.2, 0) is 56.8 Å². The molecular formula is C56H92O29. The van der Waals surface area contributed by atoms with Crippen LogP contribution in [0.25, 0.3) is 0 Å². The molecule has 7 heterocycles. The molecule has 7 saturated heterocycles. The molecule has 0 aromatic heterocycles. The van der Waals surface area contributed by atoms with E-state index in [1.54, 1.807) is 0 Å². The van der Waals surface area contributed by atoms with Crippen molar-refractivity contribution in [3.05, 3.63) is 0 Å². The average Bonchev–Trinajstić information content (AvgIpc) is 1.82. The van der Waals surface area contributed by atoms with Crippen LogP contribution >= 0.6 is 0 Å². The molecule has 11 fully saturated rings. The molecule has 17 N–H and O–H groups in total. The zero-order valence-electron chi connectivity index (χ0n) is 48.1. The van der Waals surface area contributed by atoms with Crippen molar-refractivity contribution in [3.8, 4) is 0 Å². The molecule has 11 rings (SSSR count). The van der Waals surface area contributed by atoms with Gasteiger partial charge in [0.25, 0.3) is 0 Å². The predicted octanol–water partition coefficient (Wildman–Crippen LogP) is -6.50. The Morgan fingerprint density at radius 3 is 1.48 bits per heavy atom. The summed E-state index contributed by atoms with van der Waals surface area (Å²) in [5, 5.41) is 185. The van der Waals surface area contributed by atoms with Gasteiger partial charge < -0.3 is 144 Å². The second kappa shape index (κ2) is 25.4. The van der Waals surface area contributed by atoms with Crippen LogP contribution in [0.15, 0.2) is 0 Å². The zero-order chi connectivity index (χ0) is 61.1. The molecule has 29 nitrogen and oxygen atoms in total. The minimum absolute atomic E-state index is 0.0458. The highest BCUT2D eigenvalue weighted by atomic mass is 16.8. The summed E-state index contributed by atoms with van der Waals surface area (Å²) in [6.07, 6.45) is -38.6. The number of hydrogen-bond acceptors (Lipinski definition) is 29. The van der Waals surface area contributed by atoms with Crippen LogP contribution in [0.4, 0.5) is 0 Å². The van der Waals surface area contributed by atoms with Gasteiger partial charge in [-0.3, -0.25) is 0 Å². The molecule has 7 aliphatic heterocycles. The normalized spacial score (nSPS) is 57.9. The van der Waals surface area contributed by atoms with Crippen molar-refractivity contribution < 1.29 is 144 Å². The maximum atomic E-state index is 12.2. The lowest BCUT2D eigenvalue weighted by Crippen LogP contribution is -2.67. The van der Waals surface area contributed by atoms with Gasteiger partial charge in [-0.1, -0.05) is 27.7 Å². The fourth-order valence-corrected chi connectivity index (χ4v) is 17.5. The van der Waals surface area contributed by atoms with Gasteiger partial charge in [0.1, 0.15) is 116 Å². The second-order valence-electron chi connectivity index (χ2n) is 26.9. The molecule has 0 aromatic rings. The largest absolute Gasteiger partial charge is 0.394 e. The van der Waals surface area contributed by atoms with Gasteiger partial charge in [0.15, 0.2) is 37.2 Å². The van der Waals surface area contributed by atoms with Crippen LogP contribution in [-0.4, -0.2) is 304 Å². The van der Waals surface area contributed by atoms with E-state index in [1.165, 1.54) is 0 Å². The third-order valence-corrected chi connectivity index (χ3v) is 22.2. The van der Waals surface area contributed by atoms with Crippen molar-refractivity contribution in [3.63, 3.8) is 0 Å². The van der Waals surface area contributed by atoms with Gasteiger partial charge in [0, 0.05) is 18.3 Å². The van der Waals surface area contributed by atoms with E-state index in [-0.39, 0.29) is 52.4 Å². The Bertz CT molecular complexity index is 2210. The Balaban J connectivity index is 0.660. The molecule has 0 aromatic carbocycles. The molecule has 4 aliphatic carbocycles. The Kier molecular flexibility index (Phi) is 19.5. The van der Waals surface area contributed by atoms with Gasteiger partial charge in [0.2, 0.25) is 0 Å². The van der Waals surface area contributed by atoms with Gasteiger partial charge in [-0.25, -0.2) is 0 Å². The van der Waals surface area contributed by atoms with Crippen molar-refractivity contribution in [1.82, 2.24) is 0 Å². The highest BCUT2D eigenvalue weighted by Gasteiger charge is 2.73. The summed E-state index contributed by atoms with van der Waals surface area (Å²) >= 11 is 0. The molecule has 4 saturated carbocycles. The molecule has 490 valence electrons. The summed E-state index contributed by atoms with van der Waals surface area (Å²) in [7, 11) is 0. The summed E-state index contributed by atoms with van der Waals surface area (Å²) in [6.45, 7) is 5.56. The average molecular weight is 1230 g/mol. The number of hydrogen-bond donors (Lipinski definition) is 17. The van der Waals surface area contributed by atoms with Crippen LogP contribution in [0.1, 0.15) is 79.1 Å². The van der Waals surface area contributed by atoms with Crippen LogP contribution in [0.3, 0.4) is 0 Å². The summed E-state index contributed by atoms with van der Waals surface area (Å²) in [5.41, 5.74) is -0.392. The first kappa shape index (κ1) is 65.3. The zero-order valence-corrected chi connectivity index (χ0v) is 48.1. The van der Waals surface area contributed by atoms with Crippen LogP contribution in [0.2, 0.25) is 0 Å². The minimum Gasteiger partial charge on any atom is -0.394 e. The summed E-state index contributed by atoms with van der Waals surface area (Å²) in [6, 6.07) is 0. The maximum Gasteiger partial charge on any atom is 0.187 e. The summed E-state index contributed by atoms with van der Waals surface area (Å²) in [4.78, 5) is 0. The molecule has 0 bridgehead atoms. The Morgan fingerprint density at radius 1 is 0.459 bits per heavy atom. The van der Waals surface area contributed by atoms with Gasteiger partial charge in [-0.15, -0.1) is 0 Å². The molecule has 85 heavy (non-hydrogen) atoms. The lowest BCUT2D eigenvalue weighted by atomic mass is 9.44. The predicted molar refractivity (Wildman–Crippen MR) is 278 cm³/mol. The first-order chi connectivity index (χ1) is 40.3. The van der Waals surface area contributed by atoms with Gasteiger partial charge in [-0.2, -0.15) is 0 Å². The van der Waals surface area contributed by atoms with E-state index in [4.69, 9.17) is 56.8 Å². The van der Waals surface area contributed by atoms with Crippen LogP contribution < -0.4 is 0 Å². The van der Waals surface area contributed by atoms with Crippen LogP contribution in [0, 0.1) is 52.3 Å². The first-order valence-corrected chi connectivity index (χ1v) is 30.5. The van der Waals surface area contributed by atoms with Gasteiger partial charge in [0.05, 0.1) is 64.1 Å². The van der Waals surface area contributed by atoms with E-state index in [0.717, 1.165) is 38.5 Å². The van der Waals surface area contributed by atoms with Crippen molar-refractivity contribution in [1.29, 1.82) is 0 Å². The minimum atomic E-state index is -2.10. The number of fused-ring (bicyclic) bond motifs is 7. The number of rotatable bonds is 15. The lowest BCUT2D eigenvalue weighted by molar-refractivity contribution is -0.388. The standard InChI is InChI=1S/C56H92O29/c1-19-7-10-56(75-17-19)20(2)31-48(85-56)35(64)32-22-6-5-21-11-25(24(61)12-55(21,4)23(22)8-9-54(31,32)3)76-50-40(69)34(63)30(81-50)18-74-49-42(71)37(66)45(27(14-58)78-49)83-52-44(73)39(68)47(29(16-60)80-52)84-53-43(72)38(67)46(28(15-59)79-53)82-51-41(70)36(65)33(62)26(13-57)77-51/h19-53,57-73H,5-18H2,1-4H3/t19-,20+,21+,22?,23?,24-,25?,26-,27-,28-,29-,30-,31?,32?,33-,34-,35?,36+,37-,38-,39-,40+,41-,42+,43-,44+,45-,46-,47-,48?,49-,50-,51?,52+,53+,54-,55+,56-/m1/s1. The summed E-state index contributed by atoms with van der Waals surface area (Å²) in [5.74, 6) is 0.811. The Morgan fingerprint density at radius 2 is 0.941 bits per heavy atom. The summed E-state index contributed by atoms with van der Waals surface area (Å²) < 4.78 is 70.9. The highest BCUT2D eigenvalue weighted by Crippen LogP contribution is 2.71. The molecule has 38 atom stereocenters. The molecule has 29 heteroatoms. The van der Waals surface area contributed by atoms with E-state index < -0.39 is 205 Å². The van der Waals surface area contributed by atoms with E-state index in [2.05, 4.69) is 27.7 Å². The van der Waals surface area contributed by atoms with Crippen molar-refractivity contribution in [2.45, 2.75) is 257 Å². The molecule has 1 spiro atoms. The smallest absolute Gasteiger partial charge is 0.187 e. The quantitative estimate of drug-likeness (QED) is 0.0725. The molecule has 0 radical (unpaired) electrons. The number of aliphatic hydroxyl groups excluding tert-OH is 17. The van der Waals surface area contributed by atoms with Crippen molar-refractivity contribution >= 4 is 0 Å². The number of ether oxygens (including phenoxy) is 12. The molecule has 11 aliphatic rings. The van der Waals surface area contributed by atoms with Crippen molar-refractivity contribution in [2.75, 3.05) is 39.6 Å². The molecule has 0 amide bonds. The van der Waals surface area contributed by atoms with E-state index in [1.807, 2.05) is 0 Å². The Hall–Kier alpha value is -1.16. The monoisotopic (exact) mass is 1230 g/mol. The van der Waals surface area contributed by atoms with E-state index >= 15 is 0 Å². The topological polar surface area (TPSA) is 455 Å². The van der Waals surface area contributed by atoms with Crippen molar-refractivity contribution in [2.24, 2.45) is 52.3 Å². The van der Waals surface area contributed by atoms with Gasteiger partial charge in [-0.05, 0) is 85.4 Å². The highest BCUT2D eigenvalue weighted by molar-refractivity contribution is 5.19. The lowest BCUT2D eigenvalue weighted by Gasteiger charge is -2.62. The second-order valence-corrected chi connectivity index (χ2v) is 26.9. The molecule has 8 unspecified atom stereocenters. The molecular weight excluding hydrogens is 1140 g/mol. The fraction of sp³-hybridized carbons (Fsp3) is 1.00. The fourth-order valence-electron chi connectivity index (χ4n) is 17.5. The van der Waals surface area contributed by atoms with E-state index in [9.17, 15) is 86.8 Å². The SMILES string of the molecule is C[C@@H]1CC[C@@]2(OC1)OC1C(O)C3C4CC[C@H]5CC(O[C@@H]6O[C@H](CO[C@@H]7O[C@H](CO)[C@@H](O[C@@H]8O[C@H](CO)[C@@H](O[C@@H]9O[C@H](CO)[C@@H](OC%10O[C@H](CO)[C@@H](O)[C@H](O)[C@H]%10O)[C@H](O)[C@H]9O)[C@H](O)[C@@H]8O)[C@H](O)[C@@H]7O)[C@@H](O)[C@@H]6O)[C@H](O)C[C@]5(C)C4CC[C@]3(C)C1[C@@H]2C. The Labute approximate surface area is 491 Å². The van der Waals surface area contributed by atoms with E-state index in [0.29, 0.717) is 25.4 Å². The maximum absolute atomic E-state index is 12.2. The number of aliphatic hydroxyl groups is 17. The third-order valence-electron chi connectivity index (χ3n) is 22.2. The third kappa shape index (κ3) is 11.3.